The average molecular weight is 193 g/mol. The van der Waals surface area contributed by atoms with Gasteiger partial charge in [-0.2, -0.15) is 0 Å². The molecule has 0 spiro atoms. The molecule has 0 amide bonds. The van der Waals surface area contributed by atoms with Crippen molar-refractivity contribution in [3.63, 3.8) is 0 Å². The molecule has 1 heterocycles. The summed E-state index contributed by atoms with van der Waals surface area (Å²) in [5, 5.41) is 9.39. The Hall–Kier alpha value is -1.42. The number of aliphatic hydroxyl groups is 1. The molecule has 4 nitrogen and oxygen atoms in total. The van der Waals surface area contributed by atoms with E-state index in [0.717, 1.165) is 18.7 Å². The van der Waals surface area contributed by atoms with Gasteiger partial charge >= 0.3 is 0 Å². The Morgan fingerprint density at radius 1 is 1.29 bits per heavy atom. The molecule has 0 aromatic heterocycles. The van der Waals surface area contributed by atoms with Crippen molar-refractivity contribution in [1.29, 1.82) is 0 Å². The van der Waals surface area contributed by atoms with Crippen LogP contribution in [0.15, 0.2) is 18.2 Å². The predicted octanol–water partition coefficient (Wildman–Crippen LogP) is 0.422. The van der Waals surface area contributed by atoms with Crippen LogP contribution >= 0.6 is 0 Å². The molecule has 14 heavy (non-hydrogen) atoms. The van der Waals surface area contributed by atoms with Crippen LogP contribution in [0.25, 0.3) is 0 Å². The molecule has 1 atom stereocenters. The van der Waals surface area contributed by atoms with E-state index in [1.54, 1.807) is 6.07 Å². The lowest BCUT2D eigenvalue weighted by atomic mass is 10.2. The fraction of sp³-hybridized carbons (Fsp3) is 0.400. The molecule has 4 heteroatoms. The van der Waals surface area contributed by atoms with E-state index in [1.807, 2.05) is 12.1 Å². The van der Waals surface area contributed by atoms with Crippen molar-refractivity contribution in [2.45, 2.75) is 12.5 Å². The standard InChI is InChI=1S/C10H15N3O/c11-9-2-1-7(5-10(9)12)13-4-3-8(14)6-13/h1-2,5,8,14H,3-4,6,11-12H2/t8-/m1/s1. The van der Waals surface area contributed by atoms with Crippen LogP contribution in [0.2, 0.25) is 0 Å². The lowest BCUT2D eigenvalue weighted by Crippen LogP contribution is -2.21. The maximum atomic E-state index is 9.39. The Morgan fingerprint density at radius 3 is 2.64 bits per heavy atom. The first-order valence-electron chi connectivity index (χ1n) is 4.75. The van der Waals surface area contributed by atoms with E-state index in [2.05, 4.69) is 4.90 Å². The van der Waals surface area contributed by atoms with Gasteiger partial charge in [0.05, 0.1) is 17.5 Å². The van der Waals surface area contributed by atoms with Crippen molar-refractivity contribution in [3.05, 3.63) is 18.2 Å². The Morgan fingerprint density at radius 2 is 2.07 bits per heavy atom. The lowest BCUT2D eigenvalue weighted by Gasteiger charge is -2.18. The molecule has 1 aromatic rings. The van der Waals surface area contributed by atoms with Crippen LogP contribution in [0, 0.1) is 0 Å². The zero-order chi connectivity index (χ0) is 10.1. The number of benzene rings is 1. The van der Waals surface area contributed by atoms with Crippen LogP contribution in [0.1, 0.15) is 6.42 Å². The van der Waals surface area contributed by atoms with E-state index >= 15 is 0 Å². The maximum Gasteiger partial charge on any atom is 0.0731 e. The van der Waals surface area contributed by atoms with Crippen molar-refractivity contribution >= 4 is 17.1 Å². The zero-order valence-corrected chi connectivity index (χ0v) is 7.98. The highest BCUT2D eigenvalue weighted by Crippen LogP contribution is 2.25. The number of anilines is 3. The predicted molar refractivity (Wildman–Crippen MR) is 58.1 cm³/mol. The minimum atomic E-state index is -0.214. The minimum Gasteiger partial charge on any atom is -0.397 e. The molecular weight excluding hydrogens is 178 g/mol. The smallest absolute Gasteiger partial charge is 0.0731 e. The molecule has 0 unspecified atom stereocenters. The van der Waals surface area contributed by atoms with E-state index < -0.39 is 0 Å². The number of β-amino-alcohol motifs (C(OH)–C–C–N with tert-alkyl or cyclic N) is 1. The summed E-state index contributed by atoms with van der Waals surface area (Å²) in [6, 6.07) is 5.59. The van der Waals surface area contributed by atoms with Gasteiger partial charge in [0, 0.05) is 18.8 Å². The van der Waals surface area contributed by atoms with Gasteiger partial charge < -0.3 is 21.5 Å². The second-order valence-corrected chi connectivity index (χ2v) is 3.70. The molecule has 1 aliphatic heterocycles. The van der Waals surface area contributed by atoms with Crippen LogP contribution in [0.5, 0.6) is 0 Å². The molecule has 1 fully saturated rings. The second-order valence-electron chi connectivity index (χ2n) is 3.70. The van der Waals surface area contributed by atoms with Crippen LogP contribution < -0.4 is 16.4 Å². The summed E-state index contributed by atoms with van der Waals surface area (Å²) in [6.07, 6.45) is 0.610. The minimum absolute atomic E-state index is 0.214. The van der Waals surface area contributed by atoms with Crippen LogP contribution in [-0.2, 0) is 0 Å². The summed E-state index contributed by atoms with van der Waals surface area (Å²) in [5.74, 6) is 0. The fourth-order valence-electron chi connectivity index (χ4n) is 1.74. The molecule has 1 saturated heterocycles. The van der Waals surface area contributed by atoms with Crippen LogP contribution in [0.4, 0.5) is 17.1 Å². The largest absolute Gasteiger partial charge is 0.397 e. The molecule has 1 aliphatic rings. The Bertz CT molecular complexity index is 340. The lowest BCUT2D eigenvalue weighted by molar-refractivity contribution is 0.198. The summed E-state index contributed by atoms with van der Waals surface area (Å²) < 4.78 is 0. The summed E-state index contributed by atoms with van der Waals surface area (Å²) in [6.45, 7) is 1.56. The molecule has 0 radical (unpaired) electrons. The third-order valence-corrected chi connectivity index (χ3v) is 2.60. The first kappa shape index (κ1) is 9.15. The van der Waals surface area contributed by atoms with Crippen molar-refractivity contribution in [3.8, 4) is 0 Å². The van der Waals surface area contributed by atoms with E-state index in [9.17, 15) is 5.11 Å². The summed E-state index contributed by atoms with van der Waals surface area (Å²) in [4.78, 5) is 2.11. The second kappa shape index (κ2) is 3.38. The molecule has 0 bridgehead atoms. The van der Waals surface area contributed by atoms with Gasteiger partial charge in [-0.15, -0.1) is 0 Å². The number of nitrogens with zero attached hydrogens (tertiary/aromatic N) is 1. The van der Waals surface area contributed by atoms with Gasteiger partial charge in [0.25, 0.3) is 0 Å². The Balaban J connectivity index is 2.20. The number of aliphatic hydroxyl groups excluding tert-OH is 1. The van der Waals surface area contributed by atoms with Crippen LogP contribution in [0.3, 0.4) is 0 Å². The average Bonchev–Trinajstić information content (AvgIpc) is 2.57. The van der Waals surface area contributed by atoms with Crippen molar-refractivity contribution in [1.82, 2.24) is 0 Å². The molecule has 5 N–H and O–H groups in total. The number of hydrogen-bond donors (Lipinski definition) is 3. The Kier molecular flexibility index (Phi) is 2.21. The highest BCUT2D eigenvalue weighted by atomic mass is 16.3. The number of nitrogen functional groups attached to an aromatic ring is 2. The van der Waals surface area contributed by atoms with E-state index in [0.29, 0.717) is 17.9 Å². The molecular formula is C10H15N3O. The van der Waals surface area contributed by atoms with Gasteiger partial charge in [0.1, 0.15) is 0 Å². The molecule has 0 saturated carbocycles. The number of nitrogens with two attached hydrogens (primary N) is 2. The summed E-state index contributed by atoms with van der Waals surface area (Å²) in [7, 11) is 0. The first-order chi connectivity index (χ1) is 6.66. The SMILES string of the molecule is Nc1ccc(N2CC[C@@H](O)C2)cc1N. The molecule has 2 rings (SSSR count). The van der Waals surface area contributed by atoms with Gasteiger partial charge in [-0.25, -0.2) is 0 Å². The number of rotatable bonds is 1. The maximum absolute atomic E-state index is 9.39. The van der Waals surface area contributed by atoms with Crippen molar-refractivity contribution in [2.75, 3.05) is 29.5 Å². The van der Waals surface area contributed by atoms with Crippen molar-refractivity contribution < 1.29 is 5.11 Å². The van der Waals surface area contributed by atoms with Gasteiger partial charge in [-0.1, -0.05) is 0 Å². The fourth-order valence-corrected chi connectivity index (χ4v) is 1.74. The van der Waals surface area contributed by atoms with E-state index in [1.165, 1.54) is 0 Å². The van der Waals surface area contributed by atoms with Crippen molar-refractivity contribution in [2.24, 2.45) is 0 Å². The molecule has 0 aliphatic carbocycles. The topological polar surface area (TPSA) is 75.5 Å². The monoisotopic (exact) mass is 193 g/mol. The zero-order valence-electron chi connectivity index (χ0n) is 7.98. The summed E-state index contributed by atoms with van der Waals surface area (Å²) >= 11 is 0. The summed E-state index contributed by atoms with van der Waals surface area (Å²) in [5.41, 5.74) is 13.6. The van der Waals surface area contributed by atoms with Gasteiger partial charge in [-0.05, 0) is 24.6 Å². The normalized spacial score (nSPS) is 21.5. The highest BCUT2D eigenvalue weighted by molar-refractivity contribution is 5.70. The third kappa shape index (κ3) is 1.61. The molecule has 1 aromatic carbocycles. The third-order valence-electron chi connectivity index (χ3n) is 2.60. The van der Waals surface area contributed by atoms with E-state index in [4.69, 9.17) is 11.5 Å². The van der Waals surface area contributed by atoms with Gasteiger partial charge in [0.2, 0.25) is 0 Å². The Labute approximate surface area is 83.1 Å². The van der Waals surface area contributed by atoms with Crippen LogP contribution in [-0.4, -0.2) is 24.3 Å². The highest BCUT2D eigenvalue weighted by Gasteiger charge is 2.20. The van der Waals surface area contributed by atoms with Gasteiger partial charge in [-0.3, -0.25) is 0 Å². The quantitative estimate of drug-likeness (QED) is 0.565. The van der Waals surface area contributed by atoms with Gasteiger partial charge in [0.15, 0.2) is 0 Å². The molecule has 76 valence electrons. The first-order valence-corrected chi connectivity index (χ1v) is 4.75. The van der Waals surface area contributed by atoms with E-state index in [-0.39, 0.29) is 6.10 Å². The number of hydrogen-bond acceptors (Lipinski definition) is 4.